The molecule has 0 radical (unpaired) electrons. The Labute approximate surface area is 128 Å². The van der Waals surface area contributed by atoms with Crippen LogP contribution >= 0.6 is 11.8 Å². The number of thioether (sulfide) groups is 1. The highest BCUT2D eigenvalue weighted by atomic mass is 32.2. The molecule has 0 aliphatic carbocycles. The van der Waals surface area contributed by atoms with Crippen LogP contribution in [-0.4, -0.2) is 39.2 Å². The summed E-state index contributed by atoms with van der Waals surface area (Å²) in [5, 5.41) is 6.67. The van der Waals surface area contributed by atoms with Crippen molar-refractivity contribution in [3.8, 4) is 0 Å². The molecule has 2 heterocycles. The van der Waals surface area contributed by atoms with Crippen LogP contribution in [0.15, 0.2) is 29.0 Å². The second-order valence-corrected chi connectivity index (χ2v) is 5.69. The van der Waals surface area contributed by atoms with Gasteiger partial charge in [0.05, 0.1) is 0 Å². The quantitative estimate of drug-likeness (QED) is 0.805. The van der Waals surface area contributed by atoms with Crippen LogP contribution < -0.4 is 5.32 Å². The number of hydrogen-bond acceptors (Lipinski definition) is 5. The molecular formula is C14H20N4O2S. The summed E-state index contributed by atoms with van der Waals surface area (Å²) in [6.45, 7) is 2.27. The van der Waals surface area contributed by atoms with E-state index in [0.717, 1.165) is 12.2 Å². The van der Waals surface area contributed by atoms with Crippen molar-refractivity contribution in [2.24, 2.45) is 0 Å². The maximum absolute atomic E-state index is 12.3. The second-order valence-electron chi connectivity index (χ2n) is 4.70. The lowest BCUT2D eigenvalue weighted by Gasteiger charge is -2.18. The third kappa shape index (κ3) is 4.63. The Morgan fingerprint density at radius 3 is 2.86 bits per heavy atom. The van der Waals surface area contributed by atoms with Gasteiger partial charge in [-0.1, -0.05) is 5.16 Å². The molecule has 0 bridgehead atoms. The Balaban J connectivity index is 1.86. The lowest BCUT2D eigenvalue weighted by atomic mass is 10.2. The first kappa shape index (κ1) is 15.6. The molecule has 0 saturated carbocycles. The highest BCUT2D eigenvalue weighted by Crippen LogP contribution is 2.15. The minimum atomic E-state index is -0.170. The Morgan fingerprint density at radius 1 is 1.48 bits per heavy atom. The first-order chi connectivity index (χ1) is 10.2. The molecule has 114 valence electrons. The topological polar surface area (TPSA) is 73.0 Å². The standard InChI is InChI=1S/C14H20N4O2S/c1-11-16-13(20-17-11)5-7-15-14(19)12(6-10-21-2)18-8-3-4-9-18/h3-4,8-9,12H,5-7,10H2,1-2H3,(H,15,19). The van der Waals surface area contributed by atoms with E-state index in [-0.39, 0.29) is 11.9 Å². The van der Waals surface area contributed by atoms with E-state index in [1.165, 1.54) is 0 Å². The molecule has 1 amide bonds. The average Bonchev–Trinajstić information content (AvgIpc) is 3.11. The van der Waals surface area contributed by atoms with E-state index in [0.29, 0.717) is 24.7 Å². The smallest absolute Gasteiger partial charge is 0.243 e. The number of amides is 1. The number of nitrogens with zero attached hydrogens (tertiary/aromatic N) is 3. The molecule has 2 aromatic rings. The van der Waals surface area contributed by atoms with Crippen LogP contribution in [-0.2, 0) is 11.2 Å². The summed E-state index contributed by atoms with van der Waals surface area (Å²) in [7, 11) is 0. The van der Waals surface area contributed by atoms with Crippen molar-refractivity contribution in [1.82, 2.24) is 20.0 Å². The summed E-state index contributed by atoms with van der Waals surface area (Å²) in [6, 6.07) is 3.69. The molecule has 1 unspecified atom stereocenters. The van der Waals surface area contributed by atoms with Gasteiger partial charge < -0.3 is 14.4 Å². The number of aromatic nitrogens is 3. The molecule has 0 aliphatic heterocycles. The monoisotopic (exact) mass is 308 g/mol. The minimum absolute atomic E-state index is 0.0245. The van der Waals surface area contributed by atoms with Gasteiger partial charge in [0.2, 0.25) is 11.8 Å². The van der Waals surface area contributed by atoms with Gasteiger partial charge in [-0.2, -0.15) is 16.7 Å². The lowest BCUT2D eigenvalue weighted by Crippen LogP contribution is -2.34. The van der Waals surface area contributed by atoms with Gasteiger partial charge in [0.1, 0.15) is 6.04 Å². The summed E-state index contributed by atoms with van der Waals surface area (Å²) in [5.74, 6) is 2.13. The predicted molar refractivity (Wildman–Crippen MR) is 82.2 cm³/mol. The zero-order valence-electron chi connectivity index (χ0n) is 12.3. The van der Waals surface area contributed by atoms with Gasteiger partial charge in [-0.25, -0.2) is 0 Å². The summed E-state index contributed by atoms with van der Waals surface area (Å²) in [4.78, 5) is 16.4. The molecule has 0 aliphatic rings. The van der Waals surface area contributed by atoms with Gasteiger partial charge in [-0.05, 0) is 37.5 Å². The molecule has 2 rings (SSSR count). The molecule has 21 heavy (non-hydrogen) atoms. The van der Waals surface area contributed by atoms with Crippen LogP contribution in [0.1, 0.15) is 24.2 Å². The van der Waals surface area contributed by atoms with E-state index in [1.807, 2.05) is 35.3 Å². The first-order valence-corrected chi connectivity index (χ1v) is 8.28. The average molecular weight is 308 g/mol. The number of hydrogen-bond donors (Lipinski definition) is 1. The van der Waals surface area contributed by atoms with E-state index in [4.69, 9.17) is 4.52 Å². The number of aryl methyl sites for hydroxylation is 1. The summed E-state index contributed by atoms with van der Waals surface area (Å²) in [6.07, 6.45) is 7.25. The van der Waals surface area contributed by atoms with Crippen molar-refractivity contribution in [3.63, 3.8) is 0 Å². The highest BCUT2D eigenvalue weighted by Gasteiger charge is 2.18. The zero-order valence-corrected chi connectivity index (χ0v) is 13.1. The van der Waals surface area contributed by atoms with Crippen LogP contribution in [0.25, 0.3) is 0 Å². The molecular weight excluding hydrogens is 288 g/mol. The Kier molecular flexibility index (Phi) is 5.86. The van der Waals surface area contributed by atoms with Gasteiger partial charge in [0.15, 0.2) is 5.82 Å². The van der Waals surface area contributed by atoms with Crippen molar-refractivity contribution in [2.75, 3.05) is 18.6 Å². The predicted octanol–water partition coefficient (Wildman–Crippen LogP) is 1.83. The van der Waals surface area contributed by atoms with Crippen LogP contribution in [0.3, 0.4) is 0 Å². The maximum Gasteiger partial charge on any atom is 0.243 e. The number of nitrogens with one attached hydrogen (secondary N) is 1. The fourth-order valence-corrected chi connectivity index (χ4v) is 2.51. The van der Waals surface area contributed by atoms with Crippen molar-refractivity contribution >= 4 is 17.7 Å². The van der Waals surface area contributed by atoms with Crippen LogP contribution in [0.4, 0.5) is 0 Å². The maximum atomic E-state index is 12.3. The number of carbonyl (C=O) groups excluding carboxylic acids is 1. The molecule has 6 nitrogen and oxygen atoms in total. The van der Waals surface area contributed by atoms with Crippen molar-refractivity contribution in [1.29, 1.82) is 0 Å². The Morgan fingerprint density at radius 2 is 2.24 bits per heavy atom. The van der Waals surface area contributed by atoms with E-state index in [1.54, 1.807) is 18.7 Å². The molecule has 0 aromatic carbocycles. The first-order valence-electron chi connectivity index (χ1n) is 6.89. The summed E-state index contributed by atoms with van der Waals surface area (Å²) >= 11 is 1.74. The molecule has 1 N–H and O–H groups in total. The number of rotatable bonds is 8. The van der Waals surface area contributed by atoms with Gasteiger partial charge >= 0.3 is 0 Å². The number of carbonyl (C=O) groups is 1. The Bertz CT molecular complexity index is 553. The van der Waals surface area contributed by atoms with Crippen LogP contribution in [0, 0.1) is 6.92 Å². The van der Waals surface area contributed by atoms with Crippen molar-refractivity contribution in [3.05, 3.63) is 36.2 Å². The van der Waals surface area contributed by atoms with E-state index < -0.39 is 0 Å². The Hall–Kier alpha value is -1.76. The van der Waals surface area contributed by atoms with Crippen LogP contribution in [0.5, 0.6) is 0 Å². The molecule has 0 spiro atoms. The van der Waals surface area contributed by atoms with E-state index >= 15 is 0 Å². The molecule has 0 saturated heterocycles. The van der Waals surface area contributed by atoms with Crippen molar-refractivity contribution in [2.45, 2.75) is 25.8 Å². The largest absolute Gasteiger partial charge is 0.354 e. The minimum Gasteiger partial charge on any atom is -0.354 e. The SMILES string of the molecule is CSCCC(C(=O)NCCc1nc(C)no1)n1cccc1. The second kappa shape index (κ2) is 7.87. The van der Waals surface area contributed by atoms with Gasteiger partial charge in [-0.15, -0.1) is 0 Å². The fourth-order valence-electron chi connectivity index (χ4n) is 2.05. The van der Waals surface area contributed by atoms with Crippen LogP contribution in [0.2, 0.25) is 0 Å². The molecule has 0 fully saturated rings. The van der Waals surface area contributed by atoms with Gasteiger partial charge in [0.25, 0.3) is 0 Å². The van der Waals surface area contributed by atoms with E-state index in [2.05, 4.69) is 15.5 Å². The molecule has 2 aromatic heterocycles. The molecule has 7 heteroatoms. The third-order valence-corrected chi connectivity index (χ3v) is 3.74. The van der Waals surface area contributed by atoms with Gasteiger partial charge in [-0.3, -0.25) is 4.79 Å². The molecule has 1 atom stereocenters. The fraction of sp³-hybridized carbons (Fsp3) is 0.500. The third-order valence-electron chi connectivity index (χ3n) is 3.09. The summed E-state index contributed by atoms with van der Waals surface area (Å²) in [5.41, 5.74) is 0. The lowest BCUT2D eigenvalue weighted by molar-refractivity contribution is -0.124. The van der Waals surface area contributed by atoms with E-state index in [9.17, 15) is 4.79 Å². The normalized spacial score (nSPS) is 12.3. The van der Waals surface area contributed by atoms with Crippen molar-refractivity contribution < 1.29 is 9.32 Å². The highest BCUT2D eigenvalue weighted by molar-refractivity contribution is 7.98. The zero-order chi connectivity index (χ0) is 15.1. The van der Waals surface area contributed by atoms with Gasteiger partial charge in [0, 0.05) is 25.4 Å². The summed E-state index contributed by atoms with van der Waals surface area (Å²) < 4.78 is 6.97.